The lowest BCUT2D eigenvalue weighted by Crippen LogP contribution is -2.37. The van der Waals surface area contributed by atoms with Gasteiger partial charge in [-0.25, -0.2) is 9.97 Å². The molecule has 0 unspecified atom stereocenters. The molecule has 1 N–H and O–H groups in total. The van der Waals surface area contributed by atoms with Crippen LogP contribution in [0.1, 0.15) is 24.2 Å². The molecule has 1 fully saturated rings. The molecule has 0 bridgehead atoms. The predicted octanol–water partition coefficient (Wildman–Crippen LogP) is 2.25. The van der Waals surface area contributed by atoms with E-state index >= 15 is 0 Å². The second-order valence-electron chi connectivity index (χ2n) is 4.76. The fourth-order valence-electron chi connectivity index (χ4n) is 2.08. The minimum absolute atomic E-state index is 0.496. The molecule has 0 radical (unpaired) electrons. The van der Waals surface area contributed by atoms with Crippen LogP contribution in [0.2, 0.25) is 5.15 Å². The number of aryl methyl sites for hydroxylation is 1. The van der Waals surface area contributed by atoms with Crippen molar-refractivity contribution in [2.75, 3.05) is 25.5 Å². The molecule has 0 amide bonds. The second kappa shape index (κ2) is 5.19. The Kier molecular flexibility index (Phi) is 3.84. The molecule has 0 aromatic carbocycles. The summed E-state index contributed by atoms with van der Waals surface area (Å²) in [5, 5.41) is 4.04. The van der Waals surface area contributed by atoms with E-state index in [1.165, 1.54) is 0 Å². The van der Waals surface area contributed by atoms with Gasteiger partial charge in [0.2, 0.25) is 0 Å². The molecular formula is C12H19ClN4. The summed E-state index contributed by atoms with van der Waals surface area (Å²) in [5.41, 5.74) is 0.941. The van der Waals surface area contributed by atoms with E-state index in [0.29, 0.717) is 11.2 Å². The van der Waals surface area contributed by atoms with E-state index in [1.54, 1.807) is 0 Å². The first-order valence-corrected chi connectivity index (χ1v) is 6.40. The Morgan fingerprint density at radius 1 is 1.24 bits per heavy atom. The predicted molar refractivity (Wildman–Crippen MR) is 70.7 cm³/mol. The van der Waals surface area contributed by atoms with Crippen molar-refractivity contribution in [2.45, 2.75) is 32.7 Å². The normalized spacial score (nSPS) is 18.4. The van der Waals surface area contributed by atoms with E-state index in [2.05, 4.69) is 27.2 Å². The van der Waals surface area contributed by atoms with Gasteiger partial charge >= 0.3 is 0 Å². The minimum Gasteiger partial charge on any atom is -0.367 e. The molecule has 4 nitrogen and oxygen atoms in total. The number of nitrogens with zero attached hydrogens (tertiary/aromatic N) is 3. The van der Waals surface area contributed by atoms with E-state index in [1.807, 2.05) is 13.8 Å². The molecule has 2 heterocycles. The zero-order chi connectivity index (χ0) is 12.4. The van der Waals surface area contributed by atoms with Gasteiger partial charge in [0, 0.05) is 11.6 Å². The van der Waals surface area contributed by atoms with Crippen molar-refractivity contribution >= 4 is 17.4 Å². The van der Waals surface area contributed by atoms with E-state index in [4.69, 9.17) is 11.6 Å². The van der Waals surface area contributed by atoms with E-state index in [9.17, 15) is 0 Å². The smallest absolute Gasteiger partial charge is 0.137 e. The van der Waals surface area contributed by atoms with Gasteiger partial charge in [0.25, 0.3) is 0 Å². The number of piperidine rings is 1. The molecule has 1 aliphatic heterocycles. The zero-order valence-electron chi connectivity index (χ0n) is 10.6. The highest BCUT2D eigenvalue weighted by Crippen LogP contribution is 2.22. The zero-order valence-corrected chi connectivity index (χ0v) is 11.4. The Morgan fingerprint density at radius 3 is 2.53 bits per heavy atom. The molecule has 1 aromatic rings. The number of halogens is 1. The second-order valence-corrected chi connectivity index (χ2v) is 5.12. The van der Waals surface area contributed by atoms with Crippen LogP contribution in [0.5, 0.6) is 0 Å². The fraction of sp³-hybridized carbons (Fsp3) is 0.667. The SMILES string of the molecule is Cc1nc(Cl)c(C)c(NC2CCN(C)CC2)n1. The highest BCUT2D eigenvalue weighted by molar-refractivity contribution is 6.30. The Morgan fingerprint density at radius 2 is 1.88 bits per heavy atom. The van der Waals surface area contributed by atoms with Crippen molar-refractivity contribution in [3.8, 4) is 0 Å². The maximum absolute atomic E-state index is 6.06. The van der Waals surface area contributed by atoms with Gasteiger partial charge in [0.15, 0.2) is 0 Å². The monoisotopic (exact) mass is 254 g/mol. The topological polar surface area (TPSA) is 41.1 Å². The van der Waals surface area contributed by atoms with E-state index in [0.717, 1.165) is 43.1 Å². The standard InChI is InChI=1S/C12H19ClN4/c1-8-11(13)14-9(2)15-12(8)16-10-4-6-17(3)7-5-10/h10H,4-7H2,1-3H3,(H,14,15,16). The third-order valence-electron chi connectivity index (χ3n) is 3.26. The van der Waals surface area contributed by atoms with Crippen LogP contribution >= 0.6 is 11.6 Å². The lowest BCUT2D eigenvalue weighted by atomic mass is 10.1. The van der Waals surface area contributed by atoms with E-state index in [-0.39, 0.29) is 0 Å². The van der Waals surface area contributed by atoms with Crippen LogP contribution in [0.3, 0.4) is 0 Å². The van der Waals surface area contributed by atoms with E-state index < -0.39 is 0 Å². The van der Waals surface area contributed by atoms with Crippen LogP contribution in [0, 0.1) is 13.8 Å². The summed E-state index contributed by atoms with van der Waals surface area (Å²) in [4.78, 5) is 10.9. The molecule has 2 rings (SSSR count). The third kappa shape index (κ3) is 3.07. The van der Waals surface area contributed by atoms with Crippen molar-refractivity contribution in [2.24, 2.45) is 0 Å². The summed E-state index contributed by atoms with van der Waals surface area (Å²) in [7, 11) is 2.16. The van der Waals surface area contributed by atoms with Gasteiger partial charge in [-0.1, -0.05) is 11.6 Å². The van der Waals surface area contributed by atoms with Gasteiger partial charge in [-0.2, -0.15) is 0 Å². The summed E-state index contributed by atoms with van der Waals surface area (Å²) in [5.74, 6) is 1.60. The van der Waals surface area contributed by atoms with Crippen LogP contribution in [0.4, 0.5) is 5.82 Å². The molecule has 0 aliphatic carbocycles. The first-order valence-electron chi connectivity index (χ1n) is 6.02. The summed E-state index contributed by atoms with van der Waals surface area (Å²) in [6.07, 6.45) is 2.30. The van der Waals surface area contributed by atoms with Gasteiger partial charge in [-0.05, 0) is 46.8 Å². The van der Waals surface area contributed by atoms with Crippen molar-refractivity contribution in [3.63, 3.8) is 0 Å². The molecule has 94 valence electrons. The Labute approximate surface area is 107 Å². The van der Waals surface area contributed by atoms with Crippen LogP contribution in [0.15, 0.2) is 0 Å². The largest absolute Gasteiger partial charge is 0.367 e. The first-order chi connectivity index (χ1) is 8.06. The van der Waals surface area contributed by atoms with Crippen LogP contribution in [0.25, 0.3) is 0 Å². The molecule has 5 heteroatoms. The van der Waals surface area contributed by atoms with Gasteiger partial charge in [0.05, 0.1) is 0 Å². The maximum Gasteiger partial charge on any atom is 0.137 e. The fourth-order valence-corrected chi connectivity index (χ4v) is 2.29. The summed E-state index contributed by atoms with van der Waals surface area (Å²) >= 11 is 6.06. The molecule has 0 saturated carbocycles. The summed E-state index contributed by atoms with van der Waals surface area (Å²) in [6, 6.07) is 0.496. The molecule has 17 heavy (non-hydrogen) atoms. The molecule has 1 aromatic heterocycles. The van der Waals surface area contributed by atoms with Crippen molar-refractivity contribution in [1.82, 2.24) is 14.9 Å². The first kappa shape index (κ1) is 12.6. The Hall–Kier alpha value is -0.870. The molecule has 1 saturated heterocycles. The minimum atomic E-state index is 0.496. The molecule has 0 atom stereocenters. The molecule has 1 aliphatic rings. The number of hydrogen-bond acceptors (Lipinski definition) is 4. The maximum atomic E-state index is 6.06. The number of rotatable bonds is 2. The van der Waals surface area contributed by atoms with Gasteiger partial charge in [0.1, 0.15) is 16.8 Å². The van der Waals surface area contributed by atoms with Crippen LogP contribution < -0.4 is 5.32 Å². The van der Waals surface area contributed by atoms with Gasteiger partial charge in [-0.3, -0.25) is 0 Å². The lowest BCUT2D eigenvalue weighted by Gasteiger charge is -2.30. The number of aromatic nitrogens is 2. The highest BCUT2D eigenvalue weighted by atomic mass is 35.5. The lowest BCUT2D eigenvalue weighted by molar-refractivity contribution is 0.263. The number of hydrogen-bond donors (Lipinski definition) is 1. The summed E-state index contributed by atoms with van der Waals surface area (Å²) < 4.78 is 0. The quantitative estimate of drug-likeness (QED) is 0.822. The average Bonchev–Trinajstić information content (AvgIpc) is 2.28. The number of likely N-dealkylation sites (tertiary alicyclic amines) is 1. The third-order valence-corrected chi connectivity index (χ3v) is 3.63. The van der Waals surface area contributed by atoms with Crippen LogP contribution in [-0.2, 0) is 0 Å². The van der Waals surface area contributed by atoms with Gasteiger partial charge in [-0.15, -0.1) is 0 Å². The van der Waals surface area contributed by atoms with Crippen molar-refractivity contribution in [3.05, 3.63) is 16.5 Å². The molecular weight excluding hydrogens is 236 g/mol. The van der Waals surface area contributed by atoms with Crippen molar-refractivity contribution in [1.29, 1.82) is 0 Å². The highest BCUT2D eigenvalue weighted by Gasteiger charge is 2.18. The number of nitrogens with one attached hydrogen (secondary N) is 1. The van der Waals surface area contributed by atoms with Crippen molar-refractivity contribution < 1.29 is 0 Å². The number of anilines is 1. The van der Waals surface area contributed by atoms with Crippen LogP contribution in [-0.4, -0.2) is 41.0 Å². The molecule has 0 spiro atoms. The average molecular weight is 255 g/mol. The Bertz CT molecular complexity index is 400. The summed E-state index contributed by atoms with van der Waals surface area (Å²) in [6.45, 7) is 6.09. The Balaban J connectivity index is 2.08. The van der Waals surface area contributed by atoms with Gasteiger partial charge < -0.3 is 10.2 Å².